The van der Waals surface area contributed by atoms with Gasteiger partial charge in [0, 0.05) is 13.1 Å². The second kappa shape index (κ2) is 5.57. The summed E-state index contributed by atoms with van der Waals surface area (Å²) in [5, 5.41) is 3.37. The summed E-state index contributed by atoms with van der Waals surface area (Å²) in [5.74, 6) is 2.04. The molecule has 0 aromatic heterocycles. The van der Waals surface area contributed by atoms with Crippen LogP contribution < -0.4 is 5.32 Å². The van der Waals surface area contributed by atoms with E-state index in [-0.39, 0.29) is 18.4 Å². The Morgan fingerprint density at radius 1 is 1.00 bits per heavy atom. The fraction of sp³-hybridized carbons (Fsp3) is 0.923. The molecule has 3 fully saturated rings. The fourth-order valence-electron chi connectivity index (χ4n) is 3.70. The van der Waals surface area contributed by atoms with Gasteiger partial charge in [-0.25, -0.2) is 0 Å². The number of carbonyl (C=O) groups excluding carboxylic acids is 1. The van der Waals surface area contributed by atoms with Gasteiger partial charge in [0.1, 0.15) is 0 Å². The highest BCUT2D eigenvalue weighted by Crippen LogP contribution is 2.38. The molecule has 1 aliphatic carbocycles. The minimum Gasteiger partial charge on any atom is -0.341 e. The molecule has 3 atom stereocenters. The number of fused-ring (bicyclic) bond motifs is 1. The van der Waals surface area contributed by atoms with E-state index >= 15 is 0 Å². The van der Waals surface area contributed by atoms with Crippen LogP contribution in [0.4, 0.5) is 0 Å². The smallest absolute Gasteiger partial charge is 0.239 e. The van der Waals surface area contributed by atoms with Gasteiger partial charge in [-0.1, -0.05) is 12.8 Å². The van der Waals surface area contributed by atoms with Gasteiger partial charge >= 0.3 is 0 Å². The lowest BCUT2D eigenvalue weighted by atomic mass is 10.0. The van der Waals surface area contributed by atoms with Crippen molar-refractivity contribution in [1.82, 2.24) is 10.2 Å². The molecule has 3 aliphatic rings. The molecule has 1 amide bonds. The molecule has 0 aromatic rings. The highest BCUT2D eigenvalue weighted by atomic mass is 35.5. The van der Waals surface area contributed by atoms with Crippen molar-refractivity contribution in [2.24, 2.45) is 11.8 Å². The molecule has 0 radical (unpaired) electrons. The van der Waals surface area contributed by atoms with Crippen molar-refractivity contribution in [3.63, 3.8) is 0 Å². The number of rotatable bonds is 1. The van der Waals surface area contributed by atoms with Gasteiger partial charge in [-0.05, 0) is 44.1 Å². The lowest BCUT2D eigenvalue weighted by molar-refractivity contribution is -0.133. The van der Waals surface area contributed by atoms with Crippen LogP contribution in [0.25, 0.3) is 0 Å². The van der Waals surface area contributed by atoms with Gasteiger partial charge in [-0.15, -0.1) is 12.4 Å². The maximum Gasteiger partial charge on any atom is 0.239 e. The Bertz CT molecular complexity index is 267. The highest BCUT2D eigenvalue weighted by molar-refractivity contribution is 5.85. The molecule has 2 heterocycles. The van der Waals surface area contributed by atoms with Gasteiger partial charge in [-0.3, -0.25) is 4.79 Å². The summed E-state index contributed by atoms with van der Waals surface area (Å²) >= 11 is 0. The van der Waals surface area contributed by atoms with Crippen LogP contribution in [0.2, 0.25) is 0 Å². The van der Waals surface area contributed by atoms with Gasteiger partial charge in [0.25, 0.3) is 0 Å². The number of piperidine rings is 1. The largest absolute Gasteiger partial charge is 0.341 e. The van der Waals surface area contributed by atoms with Gasteiger partial charge < -0.3 is 10.2 Å². The third-order valence-corrected chi connectivity index (χ3v) is 4.65. The van der Waals surface area contributed by atoms with E-state index in [0.717, 1.165) is 37.9 Å². The first-order valence-corrected chi connectivity index (χ1v) is 6.87. The monoisotopic (exact) mass is 258 g/mol. The van der Waals surface area contributed by atoms with Crippen LogP contribution in [-0.2, 0) is 4.79 Å². The Labute approximate surface area is 110 Å². The molecule has 3 nitrogen and oxygen atoms in total. The van der Waals surface area contributed by atoms with E-state index in [1.165, 1.54) is 32.1 Å². The van der Waals surface area contributed by atoms with Crippen LogP contribution in [0, 0.1) is 11.8 Å². The maximum atomic E-state index is 12.3. The predicted molar refractivity (Wildman–Crippen MR) is 70.3 cm³/mol. The van der Waals surface area contributed by atoms with Crippen molar-refractivity contribution in [2.45, 2.75) is 44.6 Å². The van der Waals surface area contributed by atoms with Crippen molar-refractivity contribution < 1.29 is 4.79 Å². The second-order valence-corrected chi connectivity index (χ2v) is 5.70. The average molecular weight is 259 g/mol. The number of halogens is 1. The summed E-state index contributed by atoms with van der Waals surface area (Å²) in [6.07, 6.45) is 7.59. The zero-order valence-electron chi connectivity index (χ0n) is 10.4. The summed E-state index contributed by atoms with van der Waals surface area (Å²) in [6.45, 7) is 3.11. The minimum absolute atomic E-state index is 0. The molecular weight excluding hydrogens is 236 g/mol. The van der Waals surface area contributed by atoms with Gasteiger partial charge in [0.05, 0.1) is 6.04 Å². The number of hydrogen-bond donors (Lipinski definition) is 1. The molecule has 3 rings (SSSR count). The maximum absolute atomic E-state index is 12.3. The quantitative estimate of drug-likeness (QED) is 0.778. The van der Waals surface area contributed by atoms with Gasteiger partial charge in [0.2, 0.25) is 5.91 Å². The summed E-state index contributed by atoms with van der Waals surface area (Å²) in [6, 6.07) is 0.132. The standard InChI is InChI=1S/C13H22N2O.ClH/c16-13(12-6-1-2-7-14-12)15-8-10-4-3-5-11(10)9-15;/h10-12,14H,1-9H2;1H/t10?,11?,12-;/m1./s1. The number of nitrogens with one attached hydrogen (secondary N) is 1. The van der Waals surface area contributed by atoms with E-state index in [2.05, 4.69) is 10.2 Å². The van der Waals surface area contributed by atoms with E-state index in [0.29, 0.717) is 5.91 Å². The molecule has 2 saturated heterocycles. The highest BCUT2D eigenvalue weighted by Gasteiger charge is 2.39. The fourth-order valence-corrected chi connectivity index (χ4v) is 3.70. The molecule has 98 valence electrons. The molecule has 0 spiro atoms. The van der Waals surface area contributed by atoms with E-state index in [4.69, 9.17) is 0 Å². The van der Waals surface area contributed by atoms with Crippen LogP contribution in [0.15, 0.2) is 0 Å². The third kappa shape index (κ3) is 2.60. The molecule has 1 saturated carbocycles. The first-order chi connectivity index (χ1) is 7.84. The summed E-state index contributed by atoms with van der Waals surface area (Å²) in [5.41, 5.74) is 0. The lowest BCUT2D eigenvalue weighted by Gasteiger charge is -2.27. The van der Waals surface area contributed by atoms with Gasteiger partial charge in [-0.2, -0.15) is 0 Å². The van der Waals surface area contributed by atoms with Crippen molar-refractivity contribution >= 4 is 18.3 Å². The first-order valence-electron chi connectivity index (χ1n) is 6.87. The van der Waals surface area contributed by atoms with E-state index in [1.54, 1.807) is 0 Å². The Kier molecular flexibility index (Phi) is 4.31. The van der Waals surface area contributed by atoms with E-state index in [9.17, 15) is 4.79 Å². The molecule has 4 heteroatoms. The molecular formula is C13H23ClN2O. The average Bonchev–Trinajstić information content (AvgIpc) is 2.89. The Hall–Kier alpha value is -0.280. The number of hydrogen-bond acceptors (Lipinski definition) is 2. The molecule has 2 unspecified atom stereocenters. The number of amides is 1. The predicted octanol–water partition coefficient (Wildman–Crippen LogP) is 1.81. The molecule has 1 N–H and O–H groups in total. The zero-order chi connectivity index (χ0) is 11.0. The first kappa shape index (κ1) is 13.2. The van der Waals surface area contributed by atoms with Crippen LogP contribution in [0.1, 0.15) is 38.5 Å². The number of nitrogens with zero attached hydrogens (tertiary/aromatic N) is 1. The van der Waals surface area contributed by atoms with E-state index in [1.807, 2.05) is 0 Å². The third-order valence-electron chi connectivity index (χ3n) is 4.65. The van der Waals surface area contributed by atoms with Crippen LogP contribution in [0.5, 0.6) is 0 Å². The lowest BCUT2D eigenvalue weighted by Crippen LogP contribution is -2.48. The second-order valence-electron chi connectivity index (χ2n) is 5.70. The SMILES string of the molecule is Cl.O=C([C@H]1CCCCN1)N1CC2CCCC2C1. The Balaban J connectivity index is 0.00000108. The Morgan fingerprint density at radius 2 is 1.71 bits per heavy atom. The van der Waals surface area contributed by atoms with Crippen molar-refractivity contribution in [3.05, 3.63) is 0 Å². The van der Waals surface area contributed by atoms with Crippen molar-refractivity contribution in [3.8, 4) is 0 Å². The minimum atomic E-state index is 0. The number of likely N-dealkylation sites (tertiary alicyclic amines) is 1. The number of carbonyl (C=O) groups is 1. The summed E-state index contributed by atoms with van der Waals surface area (Å²) in [7, 11) is 0. The Morgan fingerprint density at radius 3 is 2.29 bits per heavy atom. The molecule has 0 bridgehead atoms. The summed E-state index contributed by atoms with van der Waals surface area (Å²) in [4.78, 5) is 14.4. The summed E-state index contributed by atoms with van der Waals surface area (Å²) < 4.78 is 0. The molecule has 2 aliphatic heterocycles. The van der Waals surface area contributed by atoms with E-state index < -0.39 is 0 Å². The van der Waals surface area contributed by atoms with Crippen LogP contribution in [0.3, 0.4) is 0 Å². The molecule has 17 heavy (non-hydrogen) atoms. The van der Waals surface area contributed by atoms with Crippen molar-refractivity contribution in [2.75, 3.05) is 19.6 Å². The van der Waals surface area contributed by atoms with Crippen LogP contribution >= 0.6 is 12.4 Å². The topological polar surface area (TPSA) is 32.3 Å². The van der Waals surface area contributed by atoms with Crippen molar-refractivity contribution in [1.29, 1.82) is 0 Å². The van der Waals surface area contributed by atoms with Gasteiger partial charge in [0.15, 0.2) is 0 Å². The zero-order valence-corrected chi connectivity index (χ0v) is 11.2. The normalized spacial score (nSPS) is 36.5. The molecule has 0 aromatic carbocycles. The van der Waals surface area contributed by atoms with Crippen LogP contribution in [-0.4, -0.2) is 36.5 Å².